The lowest BCUT2D eigenvalue weighted by atomic mass is 9.65. The molecule has 26 heavy (non-hydrogen) atoms. The minimum Gasteiger partial charge on any atom is -0.335 e. The van der Waals surface area contributed by atoms with E-state index in [4.69, 9.17) is 28.9 Å². The molecule has 1 aromatic carbocycles. The van der Waals surface area contributed by atoms with Gasteiger partial charge in [0, 0.05) is 18.5 Å². The van der Waals surface area contributed by atoms with Gasteiger partial charge in [0.25, 0.3) is 0 Å². The van der Waals surface area contributed by atoms with Crippen LogP contribution in [-0.2, 0) is 4.79 Å². The molecule has 3 unspecified atom stereocenters. The predicted molar refractivity (Wildman–Crippen MR) is 109 cm³/mol. The van der Waals surface area contributed by atoms with Crippen molar-refractivity contribution < 1.29 is 4.79 Å². The van der Waals surface area contributed by atoms with Crippen LogP contribution in [0.25, 0.3) is 0 Å². The summed E-state index contributed by atoms with van der Waals surface area (Å²) in [5, 5.41) is 1.13. The Balaban J connectivity index is 0.00000196. The minimum absolute atomic E-state index is 0. The minimum atomic E-state index is 0. The molecule has 0 aromatic heterocycles. The summed E-state index contributed by atoms with van der Waals surface area (Å²) in [5.74, 6) is 1.55. The van der Waals surface area contributed by atoms with Crippen LogP contribution in [-0.4, -0.2) is 23.4 Å². The Hall–Kier alpha value is -0.480. The van der Waals surface area contributed by atoms with Gasteiger partial charge in [-0.3, -0.25) is 4.79 Å². The molecule has 3 fully saturated rings. The van der Waals surface area contributed by atoms with E-state index in [9.17, 15) is 4.79 Å². The third-order valence-corrected chi connectivity index (χ3v) is 7.37. The third-order valence-electron chi connectivity index (χ3n) is 6.63. The SMILES string of the molecule is Cl.NC1C2CCCC1CC(C(=O)N1CCCC1c1ccc(Cl)c(Cl)c1)C2. The molecule has 2 N–H and O–H groups in total. The second-order valence-corrected chi connectivity index (χ2v) is 8.87. The van der Waals surface area contributed by atoms with E-state index in [1.54, 1.807) is 0 Å². The zero-order valence-corrected chi connectivity index (χ0v) is 17.2. The molecule has 0 spiro atoms. The van der Waals surface area contributed by atoms with E-state index in [1.165, 1.54) is 19.3 Å². The molecule has 1 aromatic rings. The number of carbonyl (C=O) groups excluding carboxylic acids is 1. The molecule has 3 atom stereocenters. The second-order valence-electron chi connectivity index (χ2n) is 8.06. The van der Waals surface area contributed by atoms with Crippen molar-refractivity contribution >= 4 is 41.5 Å². The van der Waals surface area contributed by atoms with Crippen LogP contribution >= 0.6 is 35.6 Å². The summed E-state index contributed by atoms with van der Waals surface area (Å²) >= 11 is 12.3. The lowest BCUT2D eigenvalue weighted by Crippen LogP contribution is -2.49. The summed E-state index contributed by atoms with van der Waals surface area (Å²) in [7, 11) is 0. The Kier molecular flexibility index (Phi) is 6.44. The number of halogens is 3. The molecule has 3 nitrogen and oxygen atoms in total. The molecule has 2 bridgehead atoms. The van der Waals surface area contributed by atoms with Gasteiger partial charge in [-0.15, -0.1) is 12.4 Å². The average molecular weight is 418 g/mol. The van der Waals surface area contributed by atoms with Crippen molar-refractivity contribution in [2.45, 2.75) is 57.0 Å². The van der Waals surface area contributed by atoms with Crippen molar-refractivity contribution in [1.82, 2.24) is 4.90 Å². The van der Waals surface area contributed by atoms with Crippen molar-refractivity contribution in [3.05, 3.63) is 33.8 Å². The van der Waals surface area contributed by atoms with Crippen molar-refractivity contribution in [2.75, 3.05) is 6.54 Å². The van der Waals surface area contributed by atoms with Gasteiger partial charge in [0.2, 0.25) is 5.91 Å². The van der Waals surface area contributed by atoms with Crippen molar-refractivity contribution in [2.24, 2.45) is 23.5 Å². The number of nitrogens with zero attached hydrogens (tertiary/aromatic N) is 1. The first-order valence-electron chi connectivity index (χ1n) is 9.55. The van der Waals surface area contributed by atoms with E-state index in [0.717, 1.165) is 37.8 Å². The lowest BCUT2D eigenvalue weighted by molar-refractivity contribution is -0.139. The molecule has 3 aliphatic rings. The Morgan fingerprint density at radius 3 is 2.38 bits per heavy atom. The Labute approximate surface area is 172 Å². The van der Waals surface area contributed by atoms with E-state index in [-0.39, 0.29) is 24.4 Å². The van der Waals surface area contributed by atoms with Gasteiger partial charge in [-0.2, -0.15) is 0 Å². The molecule has 1 saturated heterocycles. The summed E-state index contributed by atoms with van der Waals surface area (Å²) in [6.07, 6.45) is 7.66. The predicted octanol–water partition coefficient (Wildman–Crippen LogP) is 5.23. The molecular formula is C20H27Cl3N2O. The van der Waals surface area contributed by atoms with Crippen LogP contribution in [0.15, 0.2) is 18.2 Å². The molecule has 1 amide bonds. The first-order valence-corrected chi connectivity index (χ1v) is 10.3. The van der Waals surface area contributed by atoms with Gasteiger partial charge >= 0.3 is 0 Å². The van der Waals surface area contributed by atoms with E-state index < -0.39 is 0 Å². The fraction of sp³-hybridized carbons (Fsp3) is 0.650. The van der Waals surface area contributed by atoms with E-state index in [2.05, 4.69) is 4.90 Å². The zero-order chi connectivity index (χ0) is 17.6. The van der Waals surface area contributed by atoms with Crippen LogP contribution in [0.5, 0.6) is 0 Å². The van der Waals surface area contributed by atoms with Crippen LogP contribution in [0.1, 0.15) is 56.6 Å². The lowest BCUT2D eigenvalue weighted by Gasteiger charge is -2.44. The monoisotopic (exact) mass is 416 g/mol. The van der Waals surface area contributed by atoms with Crippen LogP contribution in [0.3, 0.4) is 0 Å². The maximum absolute atomic E-state index is 13.3. The van der Waals surface area contributed by atoms with E-state index in [0.29, 0.717) is 33.8 Å². The quantitative estimate of drug-likeness (QED) is 0.716. The van der Waals surface area contributed by atoms with Gasteiger partial charge in [0.1, 0.15) is 0 Å². The van der Waals surface area contributed by atoms with E-state index in [1.807, 2.05) is 18.2 Å². The average Bonchev–Trinajstić information content (AvgIpc) is 3.06. The standard InChI is InChI=1S/C20H26Cl2N2O.ClH/c21-16-7-6-12(11-17(16)22)18-5-2-8-24(18)20(25)15-9-13-3-1-4-14(10-15)19(13)23;/h6-7,11,13-15,18-19H,1-5,8-10,23H2;1H. The van der Waals surface area contributed by atoms with Gasteiger partial charge in [0.15, 0.2) is 0 Å². The number of amides is 1. The topological polar surface area (TPSA) is 46.3 Å². The Morgan fingerprint density at radius 1 is 1.04 bits per heavy atom. The highest BCUT2D eigenvalue weighted by molar-refractivity contribution is 6.42. The van der Waals surface area contributed by atoms with Crippen molar-refractivity contribution in [3.63, 3.8) is 0 Å². The summed E-state index contributed by atoms with van der Waals surface area (Å²) in [4.78, 5) is 15.4. The van der Waals surface area contributed by atoms with Gasteiger partial charge in [-0.25, -0.2) is 0 Å². The second kappa shape index (κ2) is 8.26. The van der Waals surface area contributed by atoms with Gasteiger partial charge in [0.05, 0.1) is 16.1 Å². The number of hydrogen-bond acceptors (Lipinski definition) is 2. The molecule has 1 aliphatic heterocycles. The maximum Gasteiger partial charge on any atom is 0.226 e. The normalized spacial score (nSPS) is 33.7. The van der Waals surface area contributed by atoms with Gasteiger partial charge < -0.3 is 10.6 Å². The molecule has 2 saturated carbocycles. The molecule has 2 aliphatic carbocycles. The zero-order valence-electron chi connectivity index (χ0n) is 14.9. The van der Waals surface area contributed by atoms with Crippen molar-refractivity contribution in [3.8, 4) is 0 Å². The molecule has 1 heterocycles. The number of fused-ring (bicyclic) bond motifs is 2. The fourth-order valence-corrected chi connectivity index (χ4v) is 5.63. The molecular weight excluding hydrogens is 391 g/mol. The first kappa shape index (κ1) is 20.3. The maximum atomic E-state index is 13.3. The summed E-state index contributed by atoms with van der Waals surface area (Å²) in [6.45, 7) is 0.849. The third kappa shape index (κ3) is 3.73. The fourth-order valence-electron chi connectivity index (χ4n) is 5.32. The van der Waals surface area contributed by atoms with Crippen LogP contribution in [0.4, 0.5) is 0 Å². The van der Waals surface area contributed by atoms with Gasteiger partial charge in [-0.05, 0) is 68.1 Å². The Morgan fingerprint density at radius 2 is 1.73 bits per heavy atom. The summed E-state index contributed by atoms with van der Waals surface area (Å²) in [6, 6.07) is 6.21. The number of benzene rings is 1. The number of nitrogens with two attached hydrogens (primary N) is 1. The molecule has 0 radical (unpaired) electrons. The van der Waals surface area contributed by atoms with E-state index >= 15 is 0 Å². The van der Waals surface area contributed by atoms with Crippen LogP contribution < -0.4 is 5.73 Å². The first-order chi connectivity index (χ1) is 12.0. The molecule has 6 heteroatoms. The highest BCUT2D eigenvalue weighted by Gasteiger charge is 2.43. The molecule has 144 valence electrons. The molecule has 4 rings (SSSR count). The van der Waals surface area contributed by atoms with Crippen LogP contribution in [0, 0.1) is 17.8 Å². The van der Waals surface area contributed by atoms with Crippen LogP contribution in [0.2, 0.25) is 10.0 Å². The van der Waals surface area contributed by atoms with Crippen molar-refractivity contribution in [1.29, 1.82) is 0 Å². The largest absolute Gasteiger partial charge is 0.335 e. The highest BCUT2D eigenvalue weighted by Crippen LogP contribution is 2.44. The number of carbonyl (C=O) groups is 1. The number of likely N-dealkylation sites (tertiary alicyclic amines) is 1. The number of hydrogen-bond donors (Lipinski definition) is 1. The summed E-state index contributed by atoms with van der Waals surface area (Å²) < 4.78 is 0. The highest BCUT2D eigenvalue weighted by atomic mass is 35.5. The smallest absolute Gasteiger partial charge is 0.226 e. The van der Waals surface area contributed by atoms with Gasteiger partial charge in [-0.1, -0.05) is 35.7 Å². The number of rotatable bonds is 2. The summed E-state index contributed by atoms with van der Waals surface area (Å²) in [5.41, 5.74) is 7.50. The Bertz CT molecular complexity index is 654.